The monoisotopic (exact) mass is 288 g/mol. The first kappa shape index (κ1) is 11.7. The van der Waals surface area contributed by atoms with Gasteiger partial charge in [0, 0.05) is 12.0 Å². The summed E-state index contributed by atoms with van der Waals surface area (Å²) < 4.78 is 26.0. The lowest BCUT2D eigenvalue weighted by Gasteiger charge is -2.09. The summed E-state index contributed by atoms with van der Waals surface area (Å²) in [6.45, 7) is 0. The summed E-state index contributed by atoms with van der Waals surface area (Å²) in [5.74, 6) is -0.912. The van der Waals surface area contributed by atoms with Gasteiger partial charge in [0.05, 0.1) is 4.83 Å². The minimum atomic E-state index is -0.596. The SMILES string of the molecule is O=C(C(Br)Cc1ccc(F)cc1F)C1CC1. The zero-order chi connectivity index (χ0) is 11.7. The molecule has 1 nitrogen and oxygen atoms in total. The molecule has 4 heteroatoms. The van der Waals surface area contributed by atoms with E-state index < -0.39 is 11.6 Å². The lowest BCUT2D eigenvalue weighted by Crippen LogP contribution is -2.19. The van der Waals surface area contributed by atoms with Gasteiger partial charge in [-0.05, 0) is 30.9 Å². The van der Waals surface area contributed by atoms with Gasteiger partial charge in [-0.15, -0.1) is 0 Å². The molecule has 0 aliphatic heterocycles. The lowest BCUT2D eigenvalue weighted by molar-refractivity contribution is -0.119. The second-order valence-corrected chi connectivity index (χ2v) is 5.19. The summed E-state index contributed by atoms with van der Waals surface area (Å²) in [4.78, 5) is 11.3. The zero-order valence-electron chi connectivity index (χ0n) is 8.55. The van der Waals surface area contributed by atoms with Crippen molar-refractivity contribution >= 4 is 21.7 Å². The van der Waals surface area contributed by atoms with E-state index in [1.165, 1.54) is 12.1 Å². The van der Waals surface area contributed by atoms with Crippen molar-refractivity contribution < 1.29 is 13.6 Å². The van der Waals surface area contributed by atoms with Crippen LogP contribution in [0.25, 0.3) is 0 Å². The summed E-state index contributed by atoms with van der Waals surface area (Å²) in [6, 6.07) is 3.44. The Labute approximate surface area is 101 Å². The summed E-state index contributed by atoms with van der Waals surface area (Å²) in [5, 5.41) is 0. The largest absolute Gasteiger partial charge is 0.298 e. The summed E-state index contributed by atoms with van der Waals surface area (Å²) in [7, 11) is 0. The summed E-state index contributed by atoms with van der Waals surface area (Å²) in [6.07, 6.45) is 2.15. The van der Waals surface area contributed by atoms with Crippen LogP contribution in [-0.4, -0.2) is 10.6 Å². The Morgan fingerprint density at radius 1 is 1.44 bits per heavy atom. The molecule has 16 heavy (non-hydrogen) atoms. The Balaban J connectivity index is 2.05. The predicted molar refractivity (Wildman–Crippen MR) is 60.5 cm³/mol. The van der Waals surface area contributed by atoms with E-state index in [2.05, 4.69) is 15.9 Å². The number of Topliss-reactive ketones (excluding diaryl/α,β-unsaturated/α-hetero) is 1. The third-order valence-electron chi connectivity index (χ3n) is 2.70. The van der Waals surface area contributed by atoms with E-state index in [1.54, 1.807) is 0 Å². The molecule has 1 aliphatic rings. The number of ketones is 1. The topological polar surface area (TPSA) is 17.1 Å². The molecule has 1 saturated carbocycles. The van der Waals surface area contributed by atoms with Crippen molar-refractivity contribution in [3.05, 3.63) is 35.4 Å². The minimum Gasteiger partial charge on any atom is -0.298 e. The van der Waals surface area contributed by atoms with Crippen molar-refractivity contribution in [1.29, 1.82) is 0 Å². The molecule has 86 valence electrons. The predicted octanol–water partition coefficient (Wildman–Crippen LogP) is 3.25. The number of carbonyl (C=O) groups is 1. The molecule has 1 atom stereocenters. The Hall–Kier alpha value is -0.770. The van der Waals surface area contributed by atoms with Crippen LogP contribution >= 0.6 is 15.9 Å². The number of rotatable bonds is 4. The third-order valence-corrected chi connectivity index (χ3v) is 3.48. The number of carbonyl (C=O) groups excluding carboxylic acids is 1. The maximum absolute atomic E-state index is 13.3. The van der Waals surface area contributed by atoms with Crippen molar-refractivity contribution in [2.45, 2.75) is 24.1 Å². The molecule has 0 N–H and O–H groups in total. The molecule has 0 aromatic heterocycles. The van der Waals surface area contributed by atoms with Gasteiger partial charge >= 0.3 is 0 Å². The highest BCUT2D eigenvalue weighted by Crippen LogP contribution is 2.33. The van der Waals surface area contributed by atoms with Crippen molar-refractivity contribution in [2.24, 2.45) is 5.92 Å². The first-order valence-corrected chi connectivity index (χ1v) is 6.11. The molecule has 1 aliphatic carbocycles. The molecule has 2 rings (SSSR count). The van der Waals surface area contributed by atoms with Crippen LogP contribution in [0.15, 0.2) is 18.2 Å². The standard InChI is InChI=1S/C12H11BrF2O/c13-10(12(16)7-1-2-7)5-8-3-4-9(14)6-11(8)15/h3-4,6-7,10H,1-2,5H2. The lowest BCUT2D eigenvalue weighted by atomic mass is 10.0. The average Bonchev–Trinajstić information content (AvgIpc) is 3.04. The van der Waals surface area contributed by atoms with E-state index in [4.69, 9.17) is 0 Å². The number of benzene rings is 1. The molecule has 1 aromatic rings. The number of hydrogen-bond acceptors (Lipinski definition) is 1. The Morgan fingerprint density at radius 2 is 2.12 bits per heavy atom. The molecule has 0 saturated heterocycles. The first-order chi connectivity index (χ1) is 7.58. The van der Waals surface area contributed by atoms with Crippen LogP contribution in [-0.2, 0) is 11.2 Å². The molecule has 0 amide bonds. The van der Waals surface area contributed by atoms with Gasteiger partial charge < -0.3 is 0 Å². The third kappa shape index (κ3) is 2.67. The Bertz CT molecular complexity index is 415. The highest BCUT2D eigenvalue weighted by molar-refractivity contribution is 9.10. The molecule has 0 bridgehead atoms. The van der Waals surface area contributed by atoms with Gasteiger partial charge in [-0.3, -0.25) is 4.79 Å². The number of alkyl halides is 1. The molecule has 0 radical (unpaired) electrons. The van der Waals surface area contributed by atoms with E-state index in [0.717, 1.165) is 18.9 Å². The summed E-state index contributed by atoms with van der Waals surface area (Å²) >= 11 is 3.26. The second kappa shape index (κ2) is 4.62. The fraction of sp³-hybridized carbons (Fsp3) is 0.417. The van der Waals surface area contributed by atoms with Gasteiger partial charge in [0.15, 0.2) is 0 Å². The van der Waals surface area contributed by atoms with Crippen LogP contribution in [0.4, 0.5) is 8.78 Å². The average molecular weight is 289 g/mol. The van der Waals surface area contributed by atoms with Crippen LogP contribution in [0, 0.1) is 17.6 Å². The van der Waals surface area contributed by atoms with Crippen molar-refractivity contribution in [1.82, 2.24) is 0 Å². The smallest absolute Gasteiger partial charge is 0.149 e. The molecule has 1 unspecified atom stereocenters. The summed E-state index contributed by atoms with van der Waals surface area (Å²) in [5.41, 5.74) is 0.372. The van der Waals surface area contributed by atoms with Gasteiger partial charge in [0.2, 0.25) is 0 Å². The maximum atomic E-state index is 13.3. The number of hydrogen-bond donors (Lipinski definition) is 0. The molecular weight excluding hydrogens is 278 g/mol. The van der Waals surface area contributed by atoms with Gasteiger partial charge in [0.25, 0.3) is 0 Å². The van der Waals surface area contributed by atoms with Crippen LogP contribution in [0.5, 0.6) is 0 Å². The molecule has 0 spiro atoms. The minimum absolute atomic E-state index is 0.128. The Kier molecular flexibility index (Phi) is 3.38. The number of halogens is 3. The molecule has 1 aromatic carbocycles. The second-order valence-electron chi connectivity index (χ2n) is 4.08. The van der Waals surface area contributed by atoms with Crippen molar-refractivity contribution in [2.75, 3.05) is 0 Å². The molecular formula is C12H11BrF2O. The highest BCUT2D eigenvalue weighted by atomic mass is 79.9. The van der Waals surface area contributed by atoms with E-state index in [0.29, 0.717) is 5.56 Å². The maximum Gasteiger partial charge on any atom is 0.149 e. The molecule has 1 fully saturated rings. The normalized spacial score (nSPS) is 17.2. The van der Waals surface area contributed by atoms with E-state index >= 15 is 0 Å². The van der Waals surface area contributed by atoms with E-state index in [-0.39, 0.29) is 22.9 Å². The van der Waals surface area contributed by atoms with Crippen LogP contribution < -0.4 is 0 Å². The highest BCUT2D eigenvalue weighted by Gasteiger charge is 2.33. The van der Waals surface area contributed by atoms with Gasteiger partial charge in [0.1, 0.15) is 17.4 Å². The quantitative estimate of drug-likeness (QED) is 0.778. The van der Waals surface area contributed by atoms with Gasteiger partial charge in [-0.1, -0.05) is 22.0 Å². The van der Waals surface area contributed by atoms with Crippen LogP contribution in [0.3, 0.4) is 0 Å². The zero-order valence-corrected chi connectivity index (χ0v) is 10.1. The van der Waals surface area contributed by atoms with Crippen LogP contribution in [0.1, 0.15) is 18.4 Å². The molecule has 0 heterocycles. The van der Waals surface area contributed by atoms with Gasteiger partial charge in [-0.25, -0.2) is 8.78 Å². The van der Waals surface area contributed by atoms with Crippen molar-refractivity contribution in [3.8, 4) is 0 Å². The van der Waals surface area contributed by atoms with Crippen molar-refractivity contribution in [3.63, 3.8) is 0 Å². The fourth-order valence-corrected chi connectivity index (χ4v) is 2.33. The first-order valence-electron chi connectivity index (χ1n) is 5.19. The van der Waals surface area contributed by atoms with Gasteiger partial charge in [-0.2, -0.15) is 0 Å². The fourth-order valence-electron chi connectivity index (χ4n) is 1.60. The van der Waals surface area contributed by atoms with E-state index in [9.17, 15) is 13.6 Å². The van der Waals surface area contributed by atoms with Crippen LogP contribution in [0.2, 0.25) is 0 Å². The Morgan fingerprint density at radius 3 is 2.69 bits per heavy atom. The van der Waals surface area contributed by atoms with E-state index in [1.807, 2.05) is 0 Å².